The Kier molecular flexibility index (Phi) is 2.18. The number of carboxylic acid groups (broad SMARTS) is 1. The van der Waals surface area contributed by atoms with E-state index in [0.717, 1.165) is 5.69 Å². The molecule has 17 heavy (non-hydrogen) atoms. The second-order valence-corrected chi connectivity index (χ2v) is 4.15. The van der Waals surface area contributed by atoms with Gasteiger partial charge in [-0.15, -0.1) is 0 Å². The molecule has 2 aromatic rings. The van der Waals surface area contributed by atoms with Crippen molar-refractivity contribution >= 4 is 5.97 Å². The third-order valence-corrected chi connectivity index (χ3v) is 2.79. The molecule has 0 spiro atoms. The van der Waals surface area contributed by atoms with Crippen LogP contribution < -0.4 is 0 Å². The summed E-state index contributed by atoms with van der Waals surface area (Å²) in [4.78, 5) is 14.9. The van der Waals surface area contributed by atoms with E-state index in [4.69, 9.17) is 5.11 Å². The number of hydrogen-bond acceptors (Lipinski definition) is 3. The molecule has 1 N–H and O–H groups in total. The molecule has 0 atom stereocenters. The summed E-state index contributed by atoms with van der Waals surface area (Å²) in [6, 6.07) is 6.85. The molecule has 0 unspecified atom stereocenters. The fourth-order valence-electron chi connectivity index (χ4n) is 1.73. The Morgan fingerprint density at radius 3 is 2.88 bits per heavy atom. The van der Waals surface area contributed by atoms with Gasteiger partial charge in [0.15, 0.2) is 11.5 Å². The van der Waals surface area contributed by atoms with Crippen LogP contribution in [0.25, 0.3) is 5.82 Å². The van der Waals surface area contributed by atoms with Crippen molar-refractivity contribution in [3.8, 4) is 5.82 Å². The predicted octanol–water partition coefficient (Wildman–Crippen LogP) is 1.84. The molecule has 3 rings (SSSR count). The highest BCUT2D eigenvalue weighted by Gasteiger charge is 2.26. The first-order valence-corrected chi connectivity index (χ1v) is 5.50. The first-order valence-electron chi connectivity index (χ1n) is 5.50. The van der Waals surface area contributed by atoms with Gasteiger partial charge in [-0.05, 0) is 31.0 Å². The zero-order valence-electron chi connectivity index (χ0n) is 9.08. The lowest BCUT2D eigenvalue weighted by Crippen LogP contribution is -2.05. The van der Waals surface area contributed by atoms with E-state index in [0.29, 0.717) is 11.7 Å². The molecule has 0 aliphatic heterocycles. The van der Waals surface area contributed by atoms with E-state index in [1.54, 1.807) is 16.8 Å². The third kappa shape index (κ3) is 1.91. The molecule has 0 saturated heterocycles. The molecular formula is C12H11N3O2. The summed E-state index contributed by atoms with van der Waals surface area (Å²) in [5, 5.41) is 13.3. The molecule has 0 bridgehead atoms. The van der Waals surface area contributed by atoms with Gasteiger partial charge in [-0.1, -0.05) is 6.07 Å². The number of carbonyl (C=O) groups is 1. The van der Waals surface area contributed by atoms with Crippen molar-refractivity contribution in [3.63, 3.8) is 0 Å². The summed E-state index contributed by atoms with van der Waals surface area (Å²) in [6.07, 6.45) is 4.21. The zero-order valence-corrected chi connectivity index (χ0v) is 9.08. The van der Waals surface area contributed by atoms with Crippen LogP contribution in [0.2, 0.25) is 0 Å². The Morgan fingerprint density at radius 1 is 1.35 bits per heavy atom. The lowest BCUT2D eigenvalue weighted by molar-refractivity contribution is 0.0690. The highest BCUT2D eigenvalue weighted by molar-refractivity contribution is 5.85. The van der Waals surface area contributed by atoms with Gasteiger partial charge in [-0.3, -0.25) is 0 Å². The second-order valence-electron chi connectivity index (χ2n) is 4.15. The Hall–Kier alpha value is -2.17. The topological polar surface area (TPSA) is 68.0 Å². The summed E-state index contributed by atoms with van der Waals surface area (Å²) in [7, 11) is 0. The molecule has 2 heterocycles. The summed E-state index contributed by atoms with van der Waals surface area (Å²) >= 11 is 0. The summed E-state index contributed by atoms with van der Waals surface area (Å²) in [5.74, 6) is 0.0946. The molecule has 0 amide bonds. The van der Waals surface area contributed by atoms with Gasteiger partial charge in [0, 0.05) is 12.1 Å². The first-order chi connectivity index (χ1) is 8.24. The van der Waals surface area contributed by atoms with Crippen LogP contribution in [0.15, 0.2) is 30.5 Å². The van der Waals surface area contributed by atoms with Crippen molar-refractivity contribution in [2.45, 2.75) is 18.8 Å². The van der Waals surface area contributed by atoms with Crippen molar-refractivity contribution in [2.75, 3.05) is 0 Å². The summed E-state index contributed by atoms with van der Waals surface area (Å²) in [5.41, 5.74) is 1.10. The molecule has 5 nitrogen and oxygen atoms in total. The van der Waals surface area contributed by atoms with E-state index in [9.17, 15) is 4.79 Å². The van der Waals surface area contributed by atoms with E-state index in [-0.39, 0.29) is 5.69 Å². The number of aromatic carboxylic acids is 1. The molecule has 0 aromatic carbocycles. The van der Waals surface area contributed by atoms with E-state index in [1.165, 1.54) is 18.9 Å². The summed E-state index contributed by atoms with van der Waals surface area (Å²) < 4.78 is 1.63. The largest absolute Gasteiger partial charge is 0.477 e. The van der Waals surface area contributed by atoms with Crippen LogP contribution >= 0.6 is 0 Å². The monoisotopic (exact) mass is 229 g/mol. The highest BCUT2D eigenvalue weighted by atomic mass is 16.4. The van der Waals surface area contributed by atoms with Crippen LogP contribution in [0.1, 0.15) is 34.9 Å². The lowest BCUT2D eigenvalue weighted by atomic mass is 10.3. The smallest absolute Gasteiger partial charge is 0.354 e. The molecule has 0 radical (unpaired) electrons. The molecule has 1 aliphatic rings. The maximum absolute atomic E-state index is 10.8. The normalized spacial score (nSPS) is 14.8. The number of nitrogens with zero attached hydrogens (tertiary/aromatic N) is 3. The van der Waals surface area contributed by atoms with Crippen LogP contribution in [0.4, 0.5) is 0 Å². The highest BCUT2D eigenvalue weighted by Crippen LogP contribution is 2.38. The second kappa shape index (κ2) is 3.69. The number of pyridine rings is 1. The molecule has 1 saturated carbocycles. The third-order valence-electron chi connectivity index (χ3n) is 2.79. The van der Waals surface area contributed by atoms with Gasteiger partial charge in [0.25, 0.3) is 0 Å². The zero-order chi connectivity index (χ0) is 11.8. The van der Waals surface area contributed by atoms with Gasteiger partial charge in [0.2, 0.25) is 0 Å². The Balaban J connectivity index is 1.96. The van der Waals surface area contributed by atoms with Crippen molar-refractivity contribution in [1.29, 1.82) is 0 Å². The minimum absolute atomic E-state index is 0.0333. The van der Waals surface area contributed by atoms with Crippen LogP contribution in [-0.4, -0.2) is 25.8 Å². The van der Waals surface area contributed by atoms with Crippen molar-refractivity contribution in [2.24, 2.45) is 0 Å². The predicted molar refractivity (Wildman–Crippen MR) is 60.3 cm³/mol. The molecule has 2 aromatic heterocycles. The van der Waals surface area contributed by atoms with Crippen LogP contribution in [0, 0.1) is 0 Å². The lowest BCUT2D eigenvalue weighted by Gasteiger charge is -2.01. The van der Waals surface area contributed by atoms with Crippen LogP contribution in [-0.2, 0) is 0 Å². The Bertz CT molecular complexity index is 573. The van der Waals surface area contributed by atoms with Gasteiger partial charge in [-0.25, -0.2) is 14.5 Å². The quantitative estimate of drug-likeness (QED) is 0.872. The minimum atomic E-state index is -1.03. The van der Waals surface area contributed by atoms with Crippen LogP contribution in [0.5, 0.6) is 0 Å². The van der Waals surface area contributed by atoms with Gasteiger partial charge in [0.1, 0.15) is 0 Å². The van der Waals surface area contributed by atoms with Crippen molar-refractivity contribution in [3.05, 3.63) is 41.9 Å². The van der Waals surface area contributed by atoms with Gasteiger partial charge >= 0.3 is 5.97 Å². The Morgan fingerprint density at radius 2 is 2.18 bits per heavy atom. The molecule has 1 fully saturated rings. The summed E-state index contributed by atoms with van der Waals surface area (Å²) in [6.45, 7) is 0. The average molecular weight is 229 g/mol. The SMILES string of the molecule is O=C(O)c1cccc(-n2ccc(C3CC3)n2)n1. The molecule has 5 heteroatoms. The minimum Gasteiger partial charge on any atom is -0.477 e. The van der Waals surface area contributed by atoms with Gasteiger partial charge < -0.3 is 5.11 Å². The van der Waals surface area contributed by atoms with E-state index in [1.807, 2.05) is 12.3 Å². The Labute approximate surface area is 97.7 Å². The van der Waals surface area contributed by atoms with E-state index in [2.05, 4.69) is 10.1 Å². The fourth-order valence-corrected chi connectivity index (χ4v) is 1.73. The van der Waals surface area contributed by atoms with Gasteiger partial charge in [-0.2, -0.15) is 5.10 Å². The standard InChI is InChI=1S/C12H11N3O2/c16-12(17)10-2-1-3-11(13-10)15-7-6-9(14-15)8-4-5-8/h1-3,6-8H,4-5H2,(H,16,17). The number of hydrogen-bond donors (Lipinski definition) is 1. The maximum Gasteiger partial charge on any atom is 0.354 e. The first kappa shape index (κ1) is 10.0. The number of rotatable bonds is 3. The van der Waals surface area contributed by atoms with Gasteiger partial charge in [0.05, 0.1) is 5.69 Å². The van der Waals surface area contributed by atoms with Crippen LogP contribution in [0.3, 0.4) is 0 Å². The van der Waals surface area contributed by atoms with E-state index >= 15 is 0 Å². The van der Waals surface area contributed by atoms with Crippen molar-refractivity contribution < 1.29 is 9.90 Å². The van der Waals surface area contributed by atoms with Crippen molar-refractivity contribution in [1.82, 2.24) is 14.8 Å². The fraction of sp³-hybridized carbons (Fsp3) is 0.250. The number of carboxylic acids is 1. The molecule has 86 valence electrons. The average Bonchev–Trinajstić information content (AvgIpc) is 3.07. The molecular weight excluding hydrogens is 218 g/mol. The number of aromatic nitrogens is 3. The molecule has 1 aliphatic carbocycles. The maximum atomic E-state index is 10.8. The van der Waals surface area contributed by atoms with E-state index < -0.39 is 5.97 Å².